The zero-order valence-corrected chi connectivity index (χ0v) is 7.53. The van der Waals surface area contributed by atoms with Crippen LogP contribution < -0.4 is 16.2 Å². The molecule has 1 amide bonds. The second-order valence-corrected chi connectivity index (χ2v) is 2.99. The quantitative estimate of drug-likeness (QED) is 0.577. The third-order valence-electron chi connectivity index (χ3n) is 1.97. The number of anilines is 1. The van der Waals surface area contributed by atoms with Crippen molar-refractivity contribution in [2.75, 3.05) is 11.9 Å². The van der Waals surface area contributed by atoms with Gasteiger partial charge in [-0.15, -0.1) is 0 Å². The number of nitrogens with one attached hydrogen (secondary N) is 3. The molecule has 14 heavy (non-hydrogen) atoms. The Labute approximate surface area is 81.1 Å². The van der Waals surface area contributed by atoms with E-state index in [0.29, 0.717) is 5.82 Å². The molecule has 1 aliphatic heterocycles. The van der Waals surface area contributed by atoms with Gasteiger partial charge in [0.1, 0.15) is 6.04 Å². The van der Waals surface area contributed by atoms with Gasteiger partial charge in [0, 0.05) is 18.9 Å². The van der Waals surface area contributed by atoms with Crippen LogP contribution in [0.4, 0.5) is 5.82 Å². The summed E-state index contributed by atoms with van der Waals surface area (Å²) in [5, 5.41) is 2.67. The second-order valence-electron chi connectivity index (χ2n) is 2.99. The summed E-state index contributed by atoms with van der Waals surface area (Å²) >= 11 is 0. The molecular formula is C8H11N5O. The lowest BCUT2D eigenvalue weighted by molar-refractivity contribution is -0.117. The van der Waals surface area contributed by atoms with Gasteiger partial charge in [0.2, 0.25) is 5.91 Å². The topological polar surface area (TPSA) is 78.9 Å². The Hall–Kier alpha value is -1.53. The first-order valence-electron chi connectivity index (χ1n) is 4.41. The standard InChI is InChI=1S/C8H11N5O/c14-8(6-1-2-11-13-6)12-7-5-9-3-4-10-7/h3-6,11,13H,1-2H2,(H,10,12,14). The molecule has 0 spiro atoms. The van der Waals surface area contributed by atoms with E-state index in [4.69, 9.17) is 0 Å². The van der Waals surface area contributed by atoms with Crippen molar-refractivity contribution < 1.29 is 4.79 Å². The van der Waals surface area contributed by atoms with E-state index in [-0.39, 0.29) is 11.9 Å². The molecule has 6 heteroatoms. The minimum Gasteiger partial charge on any atom is -0.308 e. The van der Waals surface area contributed by atoms with Crippen LogP contribution in [0.3, 0.4) is 0 Å². The molecule has 1 atom stereocenters. The molecule has 6 nitrogen and oxygen atoms in total. The van der Waals surface area contributed by atoms with E-state index in [9.17, 15) is 4.79 Å². The summed E-state index contributed by atoms with van der Waals surface area (Å²) in [6.45, 7) is 0.804. The number of carbonyl (C=O) groups excluding carboxylic acids is 1. The molecule has 1 unspecified atom stereocenters. The Bertz CT molecular complexity index is 309. The summed E-state index contributed by atoms with van der Waals surface area (Å²) in [6, 6.07) is -0.183. The molecule has 0 aliphatic carbocycles. The number of nitrogens with zero attached hydrogens (tertiary/aromatic N) is 2. The molecule has 3 N–H and O–H groups in total. The third-order valence-corrected chi connectivity index (χ3v) is 1.97. The first kappa shape index (κ1) is 9.04. The minimum absolute atomic E-state index is 0.0875. The lowest BCUT2D eigenvalue weighted by Crippen LogP contribution is -2.39. The predicted molar refractivity (Wildman–Crippen MR) is 50.2 cm³/mol. The Morgan fingerprint density at radius 1 is 1.57 bits per heavy atom. The Kier molecular flexibility index (Phi) is 2.66. The summed E-state index contributed by atoms with van der Waals surface area (Å²) in [4.78, 5) is 19.3. The lowest BCUT2D eigenvalue weighted by atomic mass is 10.2. The fourth-order valence-electron chi connectivity index (χ4n) is 1.26. The average molecular weight is 193 g/mol. The van der Waals surface area contributed by atoms with Crippen molar-refractivity contribution in [3.63, 3.8) is 0 Å². The van der Waals surface area contributed by atoms with Gasteiger partial charge in [0.25, 0.3) is 0 Å². The SMILES string of the molecule is O=C(Nc1cnccn1)C1CCNN1. The first-order chi connectivity index (χ1) is 6.86. The van der Waals surface area contributed by atoms with Gasteiger partial charge >= 0.3 is 0 Å². The third kappa shape index (κ3) is 2.04. The van der Waals surface area contributed by atoms with Crippen LogP contribution in [0.15, 0.2) is 18.6 Å². The van der Waals surface area contributed by atoms with E-state index in [2.05, 4.69) is 26.1 Å². The normalized spacial score (nSPS) is 20.7. The van der Waals surface area contributed by atoms with E-state index >= 15 is 0 Å². The minimum atomic E-state index is -0.183. The van der Waals surface area contributed by atoms with Gasteiger partial charge in [-0.2, -0.15) is 0 Å². The summed E-state index contributed by atoms with van der Waals surface area (Å²) in [7, 11) is 0. The van der Waals surface area contributed by atoms with Crippen LogP contribution in [0, 0.1) is 0 Å². The molecule has 1 fully saturated rings. The van der Waals surface area contributed by atoms with E-state index in [1.54, 1.807) is 6.20 Å². The highest BCUT2D eigenvalue weighted by atomic mass is 16.2. The first-order valence-corrected chi connectivity index (χ1v) is 4.41. The van der Waals surface area contributed by atoms with Gasteiger partial charge < -0.3 is 5.32 Å². The molecule has 1 aromatic heterocycles. The Morgan fingerprint density at radius 3 is 3.14 bits per heavy atom. The predicted octanol–water partition coefficient (Wildman–Crippen LogP) is -0.718. The summed E-state index contributed by atoms with van der Waals surface area (Å²) in [6.07, 6.45) is 5.40. The largest absolute Gasteiger partial charge is 0.308 e. The lowest BCUT2D eigenvalue weighted by Gasteiger charge is -2.08. The summed E-state index contributed by atoms with van der Waals surface area (Å²) < 4.78 is 0. The van der Waals surface area contributed by atoms with Gasteiger partial charge in [0.15, 0.2) is 5.82 Å². The molecule has 1 saturated heterocycles. The maximum absolute atomic E-state index is 11.5. The monoisotopic (exact) mass is 193 g/mol. The highest BCUT2D eigenvalue weighted by molar-refractivity contribution is 5.94. The zero-order valence-electron chi connectivity index (χ0n) is 7.53. The second kappa shape index (κ2) is 4.12. The van der Waals surface area contributed by atoms with Crippen molar-refractivity contribution in [3.8, 4) is 0 Å². The molecule has 0 radical (unpaired) electrons. The number of hydrogen-bond acceptors (Lipinski definition) is 5. The van der Waals surface area contributed by atoms with Crippen LogP contribution in [0.5, 0.6) is 0 Å². The highest BCUT2D eigenvalue weighted by Gasteiger charge is 2.21. The number of amides is 1. The summed E-state index contributed by atoms with van der Waals surface area (Å²) in [5.41, 5.74) is 5.76. The highest BCUT2D eigenvalue weighted by Crippen LogP contribution is 2.02. The van der Waals surface area contributed by atoms with Gasteiger partial charge in [-0.05, 0) is 6.42 Å². The molecule has 1 aliphatic rings. The number of carbonyl (C=O) groups is 1. The molecule has 0 saturated carbocycles. The number of hydrazine groups is 1. The average Bonchev–Trinajstić information content (AvgIpc) is 2.72. The van der Waals surface area contributed by atoms with E-state index in [0.717, 1.165) is 13.0 Å². The van der Waals surface area contributed by atoms with Crippen molar-refractivity contribution in [2.45, 2.75) is 12.5 Å². The van der Waals surface area contributed by atoms with Crippen LogP contribution in [0.2, 0.25) is 0 Å². The van der Waals surface area contributed by atoms with Crippen LogP contribution in [-0.2, 0) is 4.79 Å². The maximum Gasteiger partial charge on any atom is 0.244 e. The van der Waals surface area contributed by atoms with Crippen LogP contribution in [0.1, 0.15) is 6.42 Å². The number of aromatic nitrogens is 2. The van der Waals surface area contributed by atoms with E-state index in [1.165, 1.54) is 12.4 Å². The van der Waals surface area contributed by atoms with Crippen molar-refractivity contribution in [1.29, 1.82) is 0 Å². The van der Waals surface area contributed by atoms with E-state index < -0.39 is 0 Å². The van der Waals surface area contributed by atoms with Crippen LogP contribution in [0.25, 0.3) is 0 Å². The Balaban J connectivity index is 1.94. The van der Waals surface area contributed by atoms with Crippen molar-refractivity contribution in [3.05, 3.63) is 18.6 Å². The van der Waals surface area contributed by atoms with Gasteiger partial charge in [-0.1, -0.05) is 0 Å². The molecule has 2 rings (SSSR count). The fraction of sp³-hybridized carbons (Fsp3) is 0.375. The smallest absolute Gasteiger partial charge is 0.244 e. The molecule has 0 aromatic carbocycles. The molecular weight excluding hydrogens is 182 g/mol. The number of rotatable bonds is 2. The zero-order chi connectivity index (χ0) is 9.80. The van der Waals surface area contributed by atoms with E-state index in [1.807, 2.05) is 0 Å². The van der Waals surface area contributed by atoms with Gasteiger partial charge in [-0.25, -0.2) is 10.4 Å². The van der Waals surface area contributed by atoms with Crippen molar-refractivity contribution >= 4 is 11.7 Å². The molecule has 0 bridgehead atoms. The Morgan fingerprint density at radius 2 is 2.50 bits per heavy atom. The van der Waals surface area contributed by atoms with Crippen LogP contribution >= 0.6 is 0 Å². The summed E-state index contributed by atoms with van der Waals surface area (Å²) in [5.74, 6) is 0.390. The van der Waals surface area contributed by atoms with Crippen molar-refractivity contribution in [1.82, 2.24) is 20.8 Å². The molecule has 1 aromatic rings. The maximum atomic E-state index is 11.5. The van der Waals surface area contributed by atoms with Crippen LogP contribution in [-0.4, -0.2) is 28.5 Å². The van der Waals surface area contributed by atoms with Gasteiger partial charge in [-0.3, -0.25) is 15.2 Å². The van der Waals surface area contributed by atoms with Gasteiger partial charge in [0.05, 0.1) is 6.20 Å². The molecule has 2 heterocycles. The number of hydrogen-bond donors (Lipinski definition) is 3. The molecule has 74 valence electrons. The van der Waals surface area contributed by atoms with Crippen molar-refractivity contribution in [2.24, 2.45) is 0 Å². The fourth-order valence-corrected chi connectivity index (χ4v) is 1.26.